The molecule has 3 heteroatoms. The molecular weight excluding hydrogens is 228 g/mol. The van der Waals surface area contributed by atoms with Crippen LogP contribution in [0.5, 0.6) is 11.5 Å². The molecule has 0 bridgehead atoms. The van der Waals surface area contributed by atoms with Gasteiger partial charge in [0.25, 0.3) is 0 Å². The standard InChI is InChI=1S/C15H12O3/c1-10(16)18-12-6-7-14-13-5-3-2-4-11(13)9-17-15(14)8-12/h2-8H,9H2,1H3. The van der Waals surface area contributed by atoms with E-state index in [1.807, 2.05) is 18.2 Å². The molecule has 3 nitrogen and oxygen atoms in total. The van der Waals surface area contributed by atoms with Crippen molar-refractivity contribution in [2.24, 2.45) is 0 Å². The summed E-state index contributed by atoms with van der Waals surface area (Å²) in [4.78, 5) is 10.9. The van der Waals surface area contributed by atoms with Crippen molar-refractivity contribution >= 4 is 5.97 Å². The highest BCUT2D eigenvalue weighted by Gasteiger charge is 2.17. The molecule has 0 aromatic heterocycles. The maximum atomic E-state index is 10.9. The van der Waals surface area contributed by atoms with Crippen molar-refractivity contribution in [3.63, 3.8) is 0 Å². The van der Waals surface area contributed by atoms with Gasteiger partial charge in [-0.2, -0.15) is 0 Å². The normalized spacial score (nSPS) is 12.1. The number of hydrogen-bond donors (Lipinski definition) is 0. The van der Waals surface area contributed by atoms with Crippen molar-refractivity contribution in [3.05, 3.63) is 48.0 Å². The van der Waals surface area contributed by atoms with Gasteiger partial charge in [0, 0.05) is 18.6 Å². The molecule has 1 aliphatic heterocycles. The number of rotatable bonds is 1. The molecule has 0 saturated carbocycles. The van der Waals surface area contributed by atoms with Crippen LogP contribution in [-0.4, -0.2) is 5.97 Å². The minimum Gasteiger partial charge on any atom is -0.488 e. The molecule has 2 aromatic carbocycles. The van der Waals surface area contributed by atoms with Crippen LogP contribution in [-0.2, 0) is 11.4 Å². The number of hydrogen-bond acceptors (Lipinski definition) is 3. The van der Waals surface area contributed by atoms with E-state index in [2.05, 4.69) is 12.1 Å². The Morgan fingerprint density at radius 3 is 2.83 bits per heavy atom. The fourth-order valence-electron chi connectivity index (χ4n) is 2.14. The number of esters is 1. The lowest BCUT2D eigenvalue weighted by Gasteiger charge is -2.21. The number of carbonyl (C=O) groups excluding carboxylic acids is 1. The molecule has 0 aliphatic carbocycles. The van der Waals surface area contributed by atoms with Gasteiger partial charge in [-0.15, -0.1) is 0 Å². The SMILES string of the molecule is CC(=O)Oc1ccc2c(c1)OCc1ccccc1-2. The summed E-state index contributed by atoms with van der Waals surface area (Å²) in [6.45, 7) is 1.93. The Morgan fingerprint density at radius 1 is 1.17 bits per heavy atom. The van der Waals surface area contributed by atoms with Gasteiger partial charge in [0.1, 0.15) is 18.1 Å². The molecule has 0 N–H and O–H groups in total. The largest absolute Gasteiger partial charge is 0.488 e. The molecule has 0 spiro atoms. The third-order valence-corrected chi connectivity index (χ3v) is 2.91. The first kappa shape index (κ1) is 10.8. The van der Waals surface area contributed by atoms with E-state index >= 15 is 0 Å². The maximum absolute atomic E-state index is 10.9. The van der Waals surface area contributed by atoms with Crippen LogP contribution in [0.1, 0.15) is 12.5 Å². The van der Waals surface area contributed by atoms with E-state index in [1.165, 1.54) is 18.1 Å². The van der Waals surface area contributed by atoms with Crippen LogP contribution in [0.25, 0.3) is 11.1 Å². The monoisotopic (exact) mass is 240 g/mol. The number of ether oxygens (including phenoxy) is 2. The average molecular weight is 240 g/mol. The smallest absolute Gasteiger partial charge is 0.308 e. The van der Waals surface area contributed by atoms with E-state index in [4.69, 9.17) is 9.47 Å². The molecular formula is C15H12O3. The van der Waals surface area contributed by atoms with Crippen molar-refractivity contribution < 1.29 is 14.3 Å². The highest BCUT2D eigenvalue weighted by molar-refractivity contribution is 5.77. The van der Waals surface area contributed by atoms with Crippen LogP contribution in [0.3, 0.4) is 0 Å². The molecule has 0 saturated heterocycles. The molecule has 90 valence electrons. The second-order valence-electron chi connectivity index (χ2n) is 4.20. The number of benzene rings is 2. The van der Waals surface area contributed by atoms with Gasteiger partial charge in [0.15, 0.2) is 0 Å². The molecule has 1 heterocycles. The third-order valence-electron chi connectivity index (χ3n) is 2.91. The topological polar surface area (TPSA) is 35.5 Å². The Kier molecular flexibility index (Phi) is 2.52. The number of carbonyl (C=O) groups is 1. The van der Waals surface area contributed by atoms with E-state index in [0.29, 0.717) is 12.4 Å². The predicted octanol–water partition coefficient (Wildman–Crippen LogP) is 3.17. The Labute approximate surface area is 105 Å². The van der Waals surface area contributed by atoms with Crippen LogP contribution in [0.4, 0.5) is 0 Å². The summed E-state index contributed by atoms with van der Waals surface area (Å²) in [6, 6.07) is 13.6. The zero-order valence-electron chi connectivity index (χ0n) is 9.97. The first-order chi connectivity index (χ1) is 8.74. The summed E-state index contributed by atoms with van der Waals surface area (Å²) in [6.07, 6.45) is 0. The van der Waals surface area contributed by atoms with Crippen molar-refractivity contribution in [2.75, 3.05) is 0 Å². The quantitative estimate of drug-likeness (QED) is 0.567. The lowest BCUT2D eigenvalue weighted by molar-refractivity contribution is -0.131. The van der Waals surface area contributed by atoms with Crippen LogP contribution < -0.4 is 9.47 Å². The molecule has 0 radical (unpaired) electrons. The highest BCUT2D eigenvalue weighted by Crippen LogP contribution is 2.39. The zero-order valence-corrected chi connectivity index (χ0v) is 9.97. The van der Waals surface area contributed by atoms with Gasteiger partial charge in [0.05, 0.1) is 0 Å². The minimum atomic E-state index is -0.328. The van der Waals surface area contributed by atoms with Crippen molar-refractivity contribution in [1.29, 1.82) is 0 Å². The minimum absolute atomic E-state index is 0.328. The summed E-state index contributed by atoms with van der Waals surface area (Å²) in [5.74, 6) is 0.944. The van der Waals surface area contributed by atoms with Gasteiger partial charge >= 0.3 is 5.97 Å². The molecule has 0 unspecified atom stereocenters. The summed E-state index contributed by atoms with van der Waals surface area (Å²) < 4.78 is 10.7. The average Bonchev–Trinajstić information content (AvgIpc) is 2.37. The maximum Gasteiger partial charge on any atom is 0.308 e. The van der Waals surface area contributed by atoms with Gasteiger partial charge in [-0.1, -0.05) is 24.3 Å². The van der Waals surface area contributed by atoms with E-state index in [-0.39, 0.29) is 5.97 Å². The van der Waals surface area contributed by atoms with Crippen LogP contribution >= 0.6 is 0 Å². The Morgan fingerprint density at radius 2 is 2.00 bits per heavy atom. The fourth-order valence-corrected chi connectivity index (χ4v) is 2.14. The molecule has 0 fully saturated rings. The molecule has 0 amide bonds. The predicted molar refractivity (Wildman–Crippen MR) is 67.5 cm³/mol. The Hall–Kier alpha value is -2.29. The lowest BCUT2D eigenvalue weighted by atomic mass is 9.97. The second kappa shape index (κ2) is 4.18. The second-order valence-corrected chi connectivity index (χ2v) is 4.20. The molecule has 18 heavy (non-hydrogen) atoms. The first-order valence-corrected chi connectivity index (χ1v) is 5.77. The van der Waals surface area contributed by atoms with Crippen LogP contribution in [0, 0.1) is 0 Å². The van der Waals surface area contributed by atoms with E-state index < -0.39 is 0 Å². The molecule has 2 aromatic rings. The van der Waals surface area contributed by atoms with Gasteiger partial charge < -0.3 is 9.47 Å². The van der Waals surface area contributed by atoms with Gasteiger partial charge in [-0.3, -0.25) is 4.79 Å². The number of fused-ring (bicyclic) bond motifs is 3. The molecule has 1 aliphatic rings. The fraction of sp³-hybridized carbons (Fsp3) is 0.133. The van der Waals surface area contributed by atoms with Crippen LogP contribution in [0.2, 0.25) is 0 Å². The summed E-state index contributed by atoms with van der Waals surface area (Å²) >= 11 is 0. The van der Waals surface area contributed by atoms with Gasteiger partial charge in [0.2, 0.25) is 0 Å². The summed E-state index contributed by atoms with van der Waals surface area (Å²) in [5.41, 5.74) is 3.38. The molecule has 0 atom stereocenters. The highest BCUT2D eigenvalue weighted by atomic mass is 16.5. The lowest BCUT2D eigenvalue weighted by Crippen LogP contribution is -2.06. The van der Waals surface area contributed by atoms with Crippen molar-refractivity contribution in [1.82, 2.24) is 0 Å². The Balaban J connectivity index is 2.05. The van der Waals surface area contributed by atoms with Crippen LogP contribution in [0.15, 0.2) is 42.5 Å². The molecule has 3 rings (SSSR count). The Bertz CT molecular complexity index is 617. The zero-order chi connectivity index (χ0) is 12.5. The van der Waals surface area contributed by atoms with Gasteiger partial charge in [-0.05, 0) is 23.3 Å². The van der Waals surface area contributed by atoms with Crippen molar-refractivity contribution in [2.45, 2.75) is 13.5 Å². The summed E-state index contributed by atoms with van der Waals surface area (Å²) in [7, 11) is 0. The third kappa shape index (κ3) is 1.84. The van der Waals surface area contributed by atoms with E-state index in [0.717, 1.165) is 11.3 Å². The first-order valence-electron chi connectivity index (χ1n) is 5.77. The van der Waals surface area contributed by atoms with E-state index in [1.54, 1.807) is 12.1 Å². The van der Waals surface area contributed by atoms with Gasteiger partial charge in [-0.25, -0.2) is 0 Å². The van der Waals surface area contributed by atoms with Crippen molar-refractivity contribution in [3.8, 4) is 22.6 Å². The van der Waals surface area contributed by atoms with E-state index in [9.17, 15) is 4.79 Å². The summed E-state index contributed by atoms with van der Waals surface area (Å²) in [5, 5.41) is 0.